The summed E-state index contributed by atoms with van der Waals surface area (Å²) in [5.74, 6) is 0. The van der Waals surface area contributed by atoms with E-state index in [9.17, 15) is 0 Å². The molecule has 0 aliphatic heterocycles. The van der Waals surface area contributed by atoms with Gasteiger partial charge in [0.1, 0.15) is 0 Å². The van der Waals surface area contributed by atoms with Crippen LogP contribution in [0.15, 0.2) is 12.4 Å². The van der Waals surface area contributed by atoms with Crippen LogP contribution in [0, 0.1) is 0 Å². The van der Waals surface area contributed by atoms with E-state index in [-0.39, 0.29) is 0 Å². The van der Waals surface area contributed by atoms with Gasteiger partial charge in [0.05, 0.1) is 17.8 Å². The molecule has 14 heavy (non-hydrogen) atoms. The Morgan fingerprint density at radius 1 is 1.64 bits per heavy atom. The Labute approximate surface area is 93.6 Å². The van der Waals surface area contributed by atoms with Gasteiger partial charge in [-0.15, -0.1) is 0 Å². The number of nitrogens with one attached hydrogen (secondary N) is 2. The second kappa shape index (κ2) is 5.82. The molecule has 1 rings (SSSR count). The van der Waals surface area contributed by atoms with Gasteiger partial charge in [-0.1, -0.05) is 11.6 Å². The molecular weight excluding hydrogens is 220 g/mol. The molecule has 4 nitrogen and oxygen atoms in total. The zero-order chi connectivity index (χ0) is 10.4. The van der Waals surface area contributed by atoms with Crippen molar-refractivity contribution in [3.05, 3.63) is 17.4 Å². The summed E-state index contributed by atoms with van der Waals surface area (Å²) in [6.45, 7) is 4.32. The van der Waals surface area contributed by atoms with Crippen molar-refractivity contribution in [1.29, 1.82) is 0 Å². The molecule has 0 atom stereocenters. The molecule has 78 valence electrons. The van der Waals surface area contributed by atoms with E-state index in [2.05, 4.69) is 15.7 Å². The average molecular weight is 233 g/mol. The highest BCUT2D eigenvalue weighted by atomic mass is 35.5. The molecule has 0 radical (unpaired) electrons. The summed E-state index contributed by atoms with van der Waals surface area (Å²) >= 11 is 10.7. The van der Waals surface area contributed by atoms with Gasteiger partial charge in [-0.05, 0) is 19.1 Å². The molecule has 0 saturated carbocycles. The summed E-state index contributed by atoms with van der Waals surface area (Å²) in [6.07, 6.45) is 3.39. The molecule has 0 unspecified atom stereocenters. The minimum atomic E-state index is 0.652. The van der Waals surface area contributed by atoms with Crippen LogP contribution in [0.1, 0.15) is 6.92 Å². The maximum atomic E-state index is 5.71. The molecule has 0 aliphatic carbocycles. The molecule has 0 saturated heterocycles. The molecular formula is C8H13ClN4S. The van der Waals surface area contributed by atoms with Gasteiger partial charge in [-0.2, -0.15) is 5.10 Å². The molecule has 2 N–H and O–H groups in total. The van der Waals surface area contributed by atoms with Crippen LogP contribution >= 0.6 is 23.8 Å². The number of rotatable bonds is 4. The number of aromatic nitrogens is 2. The molecule has 0 amide bonds. The van der Waals surface area contributed by atoms with Gasteiger partial charge in [-0.3, -0.25) is 4.68 Å². The Hall–Kier alpha value is -0.810. The Morgan fingerprint density at radius 3 is 3.00 bits per heavy atom. The number of nitrogens with zero attached hydrogens (tertiary/aromatic N) is 2. The van der Waals surface area contributed by atoms with Crippen molar-refractivity contribution < 1.29 is 0 Å². The van der Waals surface area contributed by atoms with Crippen molar-refractivity contribution in [2.24, 2.45) is 0 Å². The van der Waals surface area contributed by atoms with Gasteiger partial charge in [0.15, 0.2) is 5.11 Å². The van der Waals surface area contributed by atoms with Crippen LogP contribution in [0.25, 0.3) is 0 Å². The largest absolute Gasteiger partial charge is 0.363 e. The normalized spacial score (nSPS) is 9.86. The Bertz CT molecular complexity index is 299. The maximum Gasteiger partial charge on any atom is 0.166 e. The van der Waals surface area contributed by atoms with Crippen molar-refractivity contribution in [3.8, 4) is 0 Å². The minimum absolute atomic E-state index is 0.652. The SMILES string of the molecule is CCNC(=S)NCCn1cc(Cl)cn1. The standard InChI is InChI=1S/C8H13ClN4S/c1-2-10-8(14)11-3-4-13-6-7(9)5-12-13/h5-6H,2-4H2,1H3,(H2,10,11,14). The highest BCUT2D eigenvalue weighted by Crippen LogP contribution is 2.03. The van der Waals surface area contributed by atoms with E-state index in [1.807, 2.05) is 6.92 Å². The van der Waals surface area contributed by atoms with Crippen LogP contribution in [0.3, 0.4) is 0 Å². The van der Waals surface area contributed by atoms with Gasteiger partial charge in [0, 0.05) is 19.3 Å². The van der Waals surface area contributed by atoms with Crippen molar-refractivity contribution >= 4 is 28.9 Å². The van der Waals surface area contributed by atoms with E-state index in [1.165, 1.54) is 0 Å². The number of hydrogen-bond acceptors (Lipinski definition) is 2. The Kier molecular flexibility index (Phi) is 4.69. The first-order chi connectivity index (χ1) is 6.72. The number of halogens is 1. The van der Waals surface area contributed by atoms with E-state index in [0.717, 1.165) is 19.6 Å². The van der Waals surface area contributed by atoms with Crippen molar-refractivity contribution in [1.82, 2.24) is 20.4 Å². The van der Waals surface area contributed by atoms with Crippen LogP contribution in [0.4, 0.5) is 0 Å². The quantitative estimate of drug-likeness (QED) is 0.761. The number of hydrogen-bond donors (Lipinski definition) is 2. The van der Waals surface area contributed by atoms with Crippen molar-refractivity contribution in [3.63, 3.8) is 0 Å². The summed E-state index contributed by atoms with van der Waals surface area (Å²) in [5, 5.41) is 11.4. The second-order valence-corrected chi connectivity index (χ2v) is 3.55. The molecule has 0 bridgehead atoms. The third-order valence-electron chi connectivity index (χ3n) is 1.57. The predicted molar refractivity (Wildman–Crippen MR) is 61.5 cm³/mol. The van der Waals surface area contributed by atoms with Crippen molar-refractivity contribution in [2.75, 3.05) is 13.1 Å². The third kappa shape index (κ3) is 3.93. The van der Waals surface area contributed by atoms with Gasteiger partial charge < -0.3 is 10.6 Å². The first-order valence-electron chi connectivity index (χ1n) is 4.42. The fourth-order valence-electron chi connectivity index (χ4n) is 0.968. The summed E-state index contributed by atoms with van der Waals surface area (Å²) in [4.78, 5) is 0. The fraction of sp³-hybridized carbons (Fsp3) is 0.500. The fourth-order valence-corrected chi connectivity index (χ4v) is 1.37. The lowest BCUT2D eigenvalue weighted by atomic mass is 10.6. The molecule has 1 aromatic rings. The summed E-state index contributed by atoms with van der Waals surface area (Å²) in [7, 11) is 0. The van der Waals surface area contributed by atoms with Gasteiger partial charge in [0.25, 0.3) is 0 Å². The lowest BCUT2D eigenvalue weighted by Gasteiger charge is -2.08. The molecule has 1 aromatic heterocycles. The van der Waals surface area contributed by atoms with E-state index in [1.54, 1.807) is 17.1 Å². The molecule has 0 aromatic carbocycles. The highest BCUT2D eigenvalue weighted by molar-refractivity contribution is 7.80. The molecule has 1 heterocycles. The zero-order valence-electron chi connectivity index (χ0n) is 7.96. The summed E-state index contributed by atoms with van der Waals surface area (Å²) in [6, 6.07) is 0. The summed E-state index contributed by atoms with van der Waals surface area (Å²) < 4.78 is 1.77. The number of thiocarbonyl (C=S) groups is 1. The second-order valence-electron chi connectivity index (χ2n) is 2.71. The molecule has 0 aliphatic rings. The first-order valence-corrected chi connectivity index (χ1v) is 5.20. The highest BCUT2D eigenvalue weighted by Gasteiger charge is 1.95. The van der Waals surface area contributed by atoms with Crippen LogP contribution < -0.4 is 10.6 Å². The zero-order valence-corrected chi connectivity index (χ0v) is 9.53. The van der Waals surface area contributed by atoms with E-state index in [4.69, 9.17) is 23.8 Å². The van der Waals surface area contributed by atoms with Crippen molar-refractivity contribution in [2.45, 2.75) is 13.5 Å². The van der Waals surface area contributed by atoms with Crippen LogP contribution in [-0.4, -0.2) is 28.0 Å². The van der Waals surface area contributed by atoms with Gasteiger partial charge in [-0.25, -0.2) is 0 Å². The Balaban J connectivity index is 2.18. The Morgan fingerprint density at radius 2 is 2.43 bits per heavy atom. The van der Waals surface area contributed by atoms with E-state index < -0.39 is 0 Å². The van der Waals surface area contributed by atoms with Gasteiger partial charge >= 0.3 is 0 Å². The first kappa shape index (κ1) is 11.3. The molecule has 0 fully saturated rings. The maximum absolute atomic E-state index is 5.71. The molecule has 6 heteroatoms. The smallest absolute Gasteiger partial charge is 0.166 e. The lowest BCUT2D eigenvalue weighted by molar-refractivity contribution is 0.601. The third-order valence-corrected chi connectivity index (χ3v) is 2.05. The van der Waals surface area contributed by atoms with Gasteiger partial charge in [0.2, 0.25) is 0 Å². The van der Waals surface area contributed by atoms with Crippen LogP contribution in [-0.2, 0) is 6.54 Å². The van der Waals surface area contributed by atoms with Crippen LogP contribution in [0.2, 0.25) is 5.02 Å². The monoisotopic (exact) mass is 232 g/mol. The summed E-state index contributed by atoms with van der Waals surface area (Å²) in [5.41, 5.74) is 0. The van der Waals surface area contributed by atoms with E-state index in [0.29, 0.717) is 10.1 Å². The topological polar surface area (TPSA) is 41.9 Å². The minimum Gasteiger partial charge on any atom is -0.363 e. The lowest BCUT2D eigenvalue weighted by Crippen LogP contribution is -2.36. The molecule has 0 spiro atoms. The predicted octanol–water partition coefficient (Wildman–Crippen LogP) is 1.02. The average Bonchev–Trinajstić information content (AvgIpc) is 2.52. The van der Waals surface area contributed by atoms with Crippen LogP contribution in [0.5, 0.6) is 0 Å². The van der Waals surface area contributed by atoms with E-state index >= 15 is 0 Å².